The summed E-state index contributed by atoms with van der Waals surface area (Å²) in [5, 5.41) is 9.23. The molecule has 0 aliphatic rings. The second-order valence-corrected chi connectivity index (χ2v) is 4.97. The summed E-state index contributed by atoms with van der Waals surface area (Å²) in [6, 6.07) is 0. The van der Waals surface area contributed by atoms with Crippen LogP contribution in [0, 0.1) is 12.8 Å². The molecular formula is C12H21N5O2. The van der Waals surface area contributed by atoms with E-state index in [0.29, 0.717) is 23.8 Å². The highest BCUT2D eigenvalue weighted by Crippen LogP contribution is 2.13. The highest BCUT2D eigenvalue weighted by molar-refractivity contribution is 5.99. The summed E-state index contributed by atoms with van der Waals surface area (Å²) < 4.78 is 0. The second kappa shape index (κ2) is 6.21. The molecule has 2 amide bonds. The third kappa shape index (κ3) is 3.97. The van der Waals surface area contributed by atoms with Crippen LogP contribution in [0.5, 0.6) is 0 Å². The van der Waals surface area contributed by atoms with Crippen LogP contribution in [0.15, 0.2) is 0 Å². The zero-order valence-corrected chi connectivity index (χ0v) is 11.8. The lowest BCUT2D eigenvalue weighted by molar-refractivity contribution is -0.121. The first kappa shape index (κ1) is 15.0. The zero-order chi connectivity index (χ0) is 14.6. The van der Waals surface area contributed by atoms with Crippen molar-refractivity contribution in [1.82, 2.24) is 20.4 Å². The van der Waals surface area contributed by atoms with Crippen LogP contribution in [-0.4, -0.2) is 47.0 Å². The smallest absolute Gasteiger partial charge is 0.276 e. The van der Waals surface area contributed by atoms with Crippen molar-refractivity contribution in [2.45, 2.75) is 20.8 Å². The van der Waals surface area contributed by atoms with E-state index in [0.717, 1.165) is 0 Å². The Morgan fingerprint density at radius 3 is 2.58 bits per heavy atom. The van der Waals surface area contributed by atoms with Crippen molar-refractivity contribution < 1.29 is 9.59 Å². The first-order valence-electron chi connectivity index (χ1n) is 6.15. The Bertz CT molecular complexity index is 467. The van der Waals surface area contributed by atoms with E-state index in [-0.39, 0.29) is 24.1 Å². The van der Waals surface area contributed by atoms with E-state index < -0.39 is 0 Å². The van der Waals surface area contributed by atoms with Crippen molar-refractivity contribution in [2.24, 2.45) is 5.92 Å². The van der Waals surface area contributed by atoms with E-state index >= 15 is 0 Å². The molecule has 1 heterocycles. The highest BCUT2D eigenvalue weighted by atomic mass is 16.2. The number of aryl methyl sites for hydroxylation is 1. The number of nitrogens with two attached hydrogens (primary N) is 1. The van der Waals surface area contributed by atoms with E-state index in [9.17, 15) is 9.59 Å². The number of hydrogen-bond acceptors (Lipinski definition) is 4. The van der Waals surface area contributed by atoms with Crippen LogP contribution in [0.3, 0.4) is 0 Å². The molecule has 0 saturated carbocycles. The second-order valence-electron chi connectivity index (χ2n) is 4.97. The Labute approximate surface area is 112 Å². The molecule has 1 aromatic rings. The number of nitrogen functional groups attached to an aromatic ring is 1. The van der Waals surface area contributed by atoms with Crippen LogP contribution in [-0.2, 0) is 4.79 Å². The minimum absolute atomic E-state index is 0.0170. The van der Waals surface area contributed by atoms with E-state index in [1.165, 1.54) is 4.90 Å². The maximum atomic E-state index is 12.0. The molecule has 1 rings (SSSR count). The van der Waals surface area contributed by atoms with Gasteiger partial charge < -0.3 is 16.0 Å². The van der Waals surface area contributed by atoms with Gasteiger partial charge in [0.15, 0.2) is 5.69 Å². The number of carbonyl (C=O) groups is 2. The predicted octanol–water partition coefficient (Wildman–Crippen LogP) is 0.145. The first-order chi connectivity index (χ1) is 8.82. The Kier molecular flexibility index (Phi) is 4.91. The van der Waals surface area contributed by atoms with Gasteiger partial charge in [-0.3, -0.25) is 14.7 Å². The largest absolute Gasteiger partial charge is 0.395 e. The Balaban J connectivity index is 2.58. The normalized spacial score (nSPS) is 10.6. The molecule has 7 heteroatoms. The van der Waals surface area contributed by atoms with Gasteiger partial charge in [-0.25, -0.2) is 0 Å². The summed E-state index contributed by atoms with van der Waals surface area (Å²) >= 11 is 0. The van der Waals surface area contributed by atoms with Crippen molar-refractivity contribution in [3.63, 3.8) is 0 Å². The molecule has 1 aromatic heterocycles. The van der Waals surface area contributed by atoms with Crippen LogP contribution in [0.2, 0.25) is 0 Å². The molecule has 106 valence electrons. The number of aromatic amines is 1. The number of anilines is 1. The van der Waals surface area contributed by atoms with Crippen molar-refractivity contribution in [3.8, 4) is 0 Å². The molecular weight excluding hydrogens is 246 g/mol. The number of H-pyrrole nitrogens is 1. The molecule has 0 spiro atoms. The molecule has 0 radical (unpaired) electrons. The predicted molar refractivity (Wildman–Crippen MR) is 72.5 cm³/mol. The van der Waals surface area contributed by atoms with Gasteiger partial charge in [0, 0.05) is 13.6 Å². The van der Waals surface area contributed by atoms with Gasteiger partial charge >= 0.3 is 0 Å². The van der Waals surface area contributed by atoms with Crippen LogP contribution in [0.4, 0.5) is 5.69 Å². The minimum atomic E-state index is -0.374. The third-order valence-electron chi connectivity index (χ3n) is 2.63. The molecule has 0 aromatic carbocycles. The lowest BCUT2D eigenvalue weighted by Gasteiger charge is -2.16. The van der Waals surface area contributed by atoms with Gasteiger partial charge in [-0.05, 0) is 12.8 Å². The molecule has 0 aliphatic carbocycles. The maximum Gasteiger partial charge on any atom is 0.276 e. The van der Waals surface area contributed by atoms with E-state index in [1.807, 2.05) is 13.8 Å². The van der Waals surface area contributed by atoms with Gasteiger partial charge in [0.2, 0.25) is 5.91 Å². The number of nitrogens with one attached hydrogen (secondary N) is 2. The van der Waals surface area contributed by atoms with Gasteiger partial charge in [0.05, 0.1) is 17.9 Å². The molecule has 7 nitrogen and oxygen atoms in total. The van der Waals surface area contributed by atoms with Gasteiger partial charge in [0.25, 0.3) is 5.91 Å². The minimum Gasteiger partial charge on any atom is -0.395 e. The molecule has 19 heavy (non-hydrogen) atoms. The lowest BCUT2D eigenvalue weighted by atomic mass is 10.2. The number of carbonyl (C=O) groups excluding carboxylic acids is 2. The van der Waals surface area contributed by atoms with E-state index in [2.05, 4.69) is 15.5 Å². The number of amides is 2. The number of nitrogens with zero attached hydrogens (tertiary/aromatic N) is 2. The fraction of sp³-hybridized carbons (Fsp3) is 0.583. The quantitative estimate of drug-likeness (QED) is 0.706. The molecule has 0 atom stereocenters. The topological polar surface area (TPSA) is 104 Å². The number of likely N-dealkylation sites (N-methyl/N-ethyl adjacent to an activating group) is 1. The maximum absolute atomic E-state index is 12.0. The fourth-order valence-corrected chi connectivity index (χ4v) is 1.44. The summed E-state index contributed by atoms with van der Waals surface area (Å²) in [7, 11) is 1.54. The number of hydrogen-bond donors (Lipinski definition) is 3. The lowest BCUT2D eigenvalue weighted by Crippen LogP contribution is -2.39. The van der Waals surface area contributed by atoms with Crippen LogP contribution >= 0.6 is 0 Å². The number of aromatic nitrogens is 2. The average molecular weight is 267 g/mol. The molecule has 0 unspecified atom stereocenters. The van der Waals surface area contributed by atoms with Crippen LogP contribution in [0.1, 0.15) is 30.0 Å². The van der Waals surface area contributed by atoms with Gasteiger partial charge in [-0.2, -0.15) is 5.10 Å². The summed E-state index contributed by atoms with van der Waals surface area (Å²) in [5.74, 6) is -0.202. The molecule has 4 N–H and O–H groups in total. The molecule has 0 bridgehead atoms. The summed E-state index contributed by atoms with van der Waals surface area (Å²) in [6.07, 6.45) is 0. The third-order valence-corrected chi connectivity index (χ3v) is 2.63. The van der Waals surface area contributed by atoms with Crippen molar-refractivity contribution in [3.05, 3.63) is 11.4 Å². The van der Waals surface area contributed by atoms with E-state index in [4.69, 9.17) is 5.73 Å². The summed E-state index contributed by atoms with van der Waals surface area (Å²) in [5.41, 5.74) is 6.84. The molecule has 0 aliphatic heterocycles. The van der Waals surface area contributed by atoms with E-state index in [1.54, 1.807) is 14.0 Å². The Hall–Kier alpha value is -2.05. The summed E-state index contributed by atoms with van der Waals surface area (Å²) in [6.45, 7) is 6.31. The highest BCUT2D eigenvalue weighted by Gasteiger charge is 2.20. The van der Waals surface area contributed by atoms with Crippen molar-refractivity contribution in [2.75, 3.05) is 25.9 Å². The van der Waals surface area contributed by atoms with Gasteiger partial charge in [0.1, 0.15) is 0 Å². The fourth-order valence-electron chi connectivity index (χ4n) is 1.44. The van der Waals surface area contributed by atoms with Gasteiger partial charge in [-0.1, -0.05) is 13.8 Å². The Morgan fingerprint density at radius 2 is 2.11 bits per heavy atom. The average Bonchev–Trinajstić information content (AvgIpc) is 2.66. The van der Waals surface area contributed by atoms with Crippen LogP contribution < -0.4 is 11.1 Å². The Morgan fingerprint density at radius 1 is 1.47 bits per heavy atom. The van der Waals surface area contributed by atoms with Crippen molar-refractivity contribution in [1.29, 1.82) is 0 Å². The zero-order valence-electron chi connectivity index (χ0n) is 11.8. The number of rotatable bonds is 5. The molecule has 0 saturated heterocycles. The summed E-state index contributed by atoms with van der Waals surface area (Å²) in [4.78, 5) is 24.9. The first-order valence-corrected chi connectivity index (χ1v) is 6.15. The standard InChI is InChI=1S/C12H21N5O2/c1-7(2)5-14-9(18)6-17(4)12(19)11-10(13)8(3)15-16-11/h7H,5-6,13H2,1-4H3,(H,14,18)(H,15,16). The van der Waals surface area contributed by atoms with Crippen molar-refractivity contribution >= 4 is 17.5 Å². The monoisotopic (exact) mass is 267 g/mol. The van der Waals surface area contributed by atoms with Crippen LogP contribution in [0.25, 0.3) is 0 Å². The SMILES string of the molecule is Cc1[nH]nc(C(=O)N(C)CC(=O)NCC(C)C)c1N. The molecule has 0 fully saturated rings. The van der Waals surface area contributed by atoms with Gasteiger partial charge in [-0.15, -0.1) is 0 Å².